The van der Waals surface area contributed by atoms with Gasteiger partial charge in [0.25, 0.3) is 0 Å². The molecule has 2 aliphatic rings. The lowest BCUT2D eigenvalue weighted by Gasteiger charge is -2.33. The van der Waals surface area contributed by atoms with Crippen molar-refractivity contribution in [3.63, 3.8) is 0 Å². The van der Waals surface area contributed by atoms with E-state index in [4.69, 9.17) is 9.41 Å². The Bertz CT molecular complexity index is 936. The summed E-state index contributed by atoms with van der Waals surface area (Å²) >= 11 is 0. The van der Waals surface area contributed by atoms with E-state index in [9.17, 15) is 8.42 Å². The number of nitrogens with zero attached hydrogens (tertiary/aromatic N) is 2. The van der Waals surface area contributed by atoms with Gasteiger partial charge in [-0.15, -0.1) is 0 Å². The van der Waals surface area contributed by atoms with E-state index in [1.165, 1.54) is 5.56 Å². The fourth-order valence-corrected chi connectivity index (χ4v) is 5.91. The van der Waals surface area contributed by atoms with Gasteiger partial charge in [-0.1, -0.05) is 30.3 Å². The number of aliphatic imine (C=N–C) groups is 1. The molecule has 0 amide bonds. The molecule has 31 heavy (non-hydrogen) atoms. The summed E-state index contributed by atoms with van der Waals surface area (Å²) in [6, 6.07) is 14.7. The van der Waals surface area contributed by atoms with Crippen molar-refractivity contribution in [2.24, 2.45) is 4.99 Å². The number of hydrogen-bond acceptors (Lipinski definition) is 5. The lowest BCUT2D eigenvalue weighted by atomic mass is 10.0. The molecule has 4 rings (SSSR count). The molecule has 2 fully saturated rings. The molecule has 3 heterocycles. The Morgan fingerprint density at radius 3 is 2.48 bits per heavy atom. The van der Waals surface area contributed by atoms with Crippen molar-refractivity contribution in [3.8, 4) is 0 Å². The second kappa shape index (κ2) is 10.3. The lowest BCUT2D eigenvalue weighted by Crippen LogP contribution is -2.51. The molecule has 2 aromatic rings. The van der Waals surface area contributed by atoms with Crippen molar-refractivity contribution in [2.75, 3.05) is 31.1 Å². The topological polar surface area (TPSA) is 86.9 Å². The van der Waals surface area contributed by atoms with Gasteiger partial charge < -0.3 is 15.1 Å². The third-order valence-corrected chi connectivity index (χ3v) is 7.73. The third kappa shape index (κ3) is 6.83. The monoisotopic (exact) mass is 444 g/mol. The summed E-state index contributed by atoms with van der Waals surface area (Å²) < 4.78 is 29.1. The maximum absolute atomic E-state index is 11.8. The van der Waals surface area contributed by atoms with Gasteiger partial charge in [0.1, 0.15) is 5.76 Å². The highest BCUT2D eigenvalue weighted by atomic mass is 32.2. The van der Waals surface area contributed by atoms with E-state index in [2.05, 4.69) is 45.9 Å². The minimum Gasteiger partial charge on any atom is -0.469 e. The van der Waals surface area contributed by atoms with Gasteiger partial charge in [-0.25, -0.2) is 8.42 Å². The molecule has 168 valence electrons. The quantitative estimate of drug-likeness (QED) is 0.503. The highest BCUT2D eigenvalue weighted by Gasteiger charge is 2.29. The van der Waals surface area contributed by atoms with Gasteiger partial charge in [-0.3, -0.25) is 9.89 Å². The van der Waals surface area contributed by atoms with E-state index in [0.717, 1.165) is 50.6 Å². The predicted octanol–water partition coefficient (Wildman–Crippen LogP) is 2.21. The van der Waals surface area contributed by atoms with Crippen LogP contribution in [0.15, 0.2) is 58.1 Å². The molecule has 7 nitrogen and oxygen atoms in total. The van der Waals surface area contributed by atoms with Gasteiger partial charge >= 0.3 is 0 Å². The average molecular weight is 445 g/mol. The second-order valence-electron chi connectivity index (χ2n) is 8.48. The summed E-state index contributed by atoms with van der Waals surface area (Å²) in [5.74, 6) is 2.06. The third-order valence-electron chi connectivity index (χ3n) is 5.96. The zero-order chi connectivity index (χ0) is 21.5. The first-order valence-electron chi connectivity index (χ1n) is 11.1. The van der Waals surface area contributed by atoms with Gasteiger partial charge in [0.2, 0.25) is 0 Å². The second-order valence-corrected chi connectivity index (χ2v) is 10.7. The summed E-state index contributed by atoms with van der Waals surface area (Å²) in [7, 11) is -2.93. The number of guanidine groups is 1. The first kappa shape index (κ1) is 21.9. The Kier molecular flexibility index (Phi) is 7.29. The molecular formula is C23H32N4O3S. The molecule has 0 radical (unpaired) electrons. The number of likely N-dealkylation sites (tertiary alicyclic amines) is 1. The number of hydrogen-bond donors (Lipinski definition) is 2. The Balaban J connectivity index is 1.30. The molecule has 0 spiro atoms. The molecule has 1 aromatic heterocycles. The molecule has 1 unspecified atom stereocenters. The van der Waals surface area contributed by atoms with Crippen molar-refractivity contribution >= 4 is 15.8 Å². The van der Waals surface area contributed by atoms with Crippen LogP contribution in [0.4, 0.5) is 0 Å². The van der Waals surface area contributed by atoms with Crippen LogP contribution in [0.1, 0.15) is 30.6 Å². The van der Waals surface area contributed by atoms with Crippen molar-refractivity contribution < 1.29 is 12.8 Å². The maximum Gasteiger partial charge on any atom is 0.191 e. The molecule has 0 saturated carbocycles. The van der Waals surface area contributed by atoms with Gasteiger partial charge in [0, 0.05) is 44.7 Å². The van der Waals surface area contributed by atoms with Crippen LogP contribution < -0.4 is 10.6 Å². The summed E-state index contributed by atoms with van der Waals surface area (Å²) in [5.41, 5.74) is 1.35. The van der Waals surface area contributed by atoms with E-state index >= 15 is 0 Å². The molecule has 1 aromatic carbocycles. The van der Waals surface area contributed by atoms with Crippen LogP contribution in [0.25, 0.3) is 0 Å². The number of sulfone groups is 1. The van der Waals surface area contributed by atoms with Crippen LogP contribution in [-0.2, 0) is 22.8 Å². The Morgan fingerprint density at radius 1 is 1.03 bits per heavy atom. The van der Waals surface area contributed by atoms with Crippen molar-refractivity contribution in [2.45, 2.75) is 44.3 Å². The van der Waals surface area contributed by atoms with E-state index in [1.54, 1.807) is 6.26 Å². The van der Waals surface area contributed by atoms with E-state index in [1.807, 2.05) is 12.1 Å². The fraction of sp³-hybridized carbons (Fsp3) is 0.522. The maximum atomic E-state index is 11.8. The molecular weight excluding hydrogens is 412 g/mol. The Morgan fingerprint density at radius 2 is 1.81 bits per heavy atom. The standard InChI is InChI=1S/C23H32N4O3S/c28-31(29)16-11-21(18-31)26-23(24-12-8-22-7-4-15-30-22)25-20-9-13-27(14-10-20)17-19-5-2-1-3-6-19/h1-7,15,20-21H,8-14,16-18H2,(H2,24,25,26). The van der Waals surface area contributed by atoms with Crippen LogP contribution in [-0.4, -0.2) is 62.5 Å². The molecule has 2 N–H and O–H groups in total. The average Bonchev–Trinajstić information content (AvgIpc) is 3.39. The first-order valence-corrected chi connectivity index (χ1v) is 12.9. The summed E-state index contributed by atoms with van der Waals surface area (Å²) in [6.45, 7) is 3.64. The number of furan rings is 1. The van der Waals surface area contributed by atoms with E-state index in [0.29, 0.717) is 19.0 Å². The van der Waals surface area contributed by atoms with Gasteiger partial charge in [0.05, 0.1) is 17.8 Å². The molecule has 0 aliphatic carbocycles. The zero-order valence-electron chi connectivity index (χ0n) is 17.9. The normalized spacial score (nSPS) is 22.5. The SMILES string of the molecule is O=S1(=O)CCC(NC(=NCCc2ccco2)NC2CCN(Cc3ccccc3)CC2)C1. The predicted molar refractivity (Wildman–Crippen MR) is 123 cm³/mol. The lowest BCUT2D eigenvalue weighted by molar-refractivity contribution is 0.198. The van der Waals surface area contributed by atoms with Crippen LogP contribution in [0.5, 0.6) is 0 Å². The zero-order valence-corrected chi connectivity index (χ0v) is 18.7. The number of rotatable bonds is 7. The smallest absolute Gasteiger partial charge is 0.191 e. The van der Waals surface area contributed by atoms with Crippen LogP contribution in [0, 0.1) is 0 Å². The van der Waals surface area contributed by atoms with Gasteiger partial charge in [-0.05, 0) is 37.0 Å². The minimum atomic E-state index is -2.93. The van der Waals surface area contributed by atoms with Crippen molar-refractivity contribution in [1.82, 2.24) is 15.5 Å². The molecule has 0 bridgehead atoms. The Labute approximate surface area is 184 Å². The van der Waals surface area contributed by atoms with Gasteiger partial charge in [0.15, 0.2) is 15.8 Å². The number of piperidine rings is 1. The molecule has 1 atom stereocenters. The molecule has 8 heteroatoms. The molecule has 2 saturated heterocycles. The fourth-order valence-electron chi connectivity index (χ4n) is 4.24. The van der Waals surface area contributed by atoms with Crippen LogP contribution in [0.2, 0.25) is 0 Å². The summed E-state index contributed by atoms with van der Waals surface area (Å²) in [4.78, 5) is 7.20. The van der Waals surface area contributed by atoms with Gasteiger partial charge in [-0.2, -0.15) is 0 Å². The Hall–Kier alpha value is -2.32. The minimum absolute atomic E-state index is 0.0713. The first-order chi connectivity index (χ1) is 15.1. The molecule has 2 aliphatic heterocycles. The van der Waals surface area contributed by atoms with Crippen LogP contribution in [0.3, 0.4) is 0 Å². The number of benzene rings is 1. The van der Waals surface area contributed by atoms with Crippen LogP contribution >= 0.6 is 0 Å². The van der Waals surface area contributed by atoms with Crippen molar-refractivity contribution in [1.29, 1.82) is 0 Å². The highest BCUT2D eigenvalue weighted by molar-refractivity contribution is 7.91. The van der Waals surface area contributed by atoms with Crippen molar-refractivity contribution in [3.05, 3.63) is 60.1 Å². The highest BCUT2D eigenvalue weighted by Crippen LogP contribution is 2.15. The van der Waals surface area contributed by atoms with E-state index in [-0.39, 0.29) is 17.5 Å². The summed E-state index contributed by atoms with van der Waals surface area (Å²) in [6.07, 6.45) is 5.10. The van der Waals surface area contributed by atoms with E-state index < -0.39 is 9.84 Å². The number of nitrogens with one attached hydrogen (secondary N) is 2. The summed E-state index contributed by atoms with van der Waals surface area (Å²) in [5, 5.41) is 6.93. The largest absolute Gasteiger partial charge is 0.469 e.